The highest BCUT2D eigenvalue weighted by molar-refractivity contribution is 6.30. The van der Waals surface area contributed by atoms with Crippen LogP contribution in [0.3, 0.4) is 0 Å². The van der Waals surface area contributed by atoms with Crippen LogP contribution in [0.2, 0.25) is 5.02 Å². The van der Waals surface area contributed by atoms with Gasteiger partial charge < -0.3 is 4.90 Å². The van der Waals surface area contributed by atoms with Crippen LogP contribution in [0.4, 0.5) is 5.69 Å². The number of para-hydroxylation sites is 1. The molecule has 5 nitrogen and oxygen atoms in total. The van der Waals surface area contributed by atoms with Crippen molar-refractivity contribution in [2.24, 2.45) is 0 Å². The summed E-state index contributed by atoms with van der Waals surface area (Å²) in [6.45, 7) is 1.97. The number of hydrogen-bond donors (Lipinski definition) is 0. The summed E-state index contributed by atoms with van der Waals surface area (Å²) >= 11 is 5.82. The lowest BCUT2D eigenvalue weighted by Crippen LogP contribution is -2.27. The molecule has 0 fully saturated rings. The monoisotopic (exact) mass is 318 g/mol. The normalized spacial score (nSPS) is 10.3. The number of carbonyl (C=O) groups is 1. The van der Waals surface area contributed by atoms with Crippen LogP contribution in [-0.2, 0) is 6.54 Å². The zero-order valence-electron chi connectivity index (χ0n) is 12.2. The van der Waals surface area contributed by atoms with Gasteiger partial charge in [0.2, 0.25) is 0 Å². The molecule has 0 spiro atoms. The molecule has 114 valence electrons. The Morgan fingerprint density at radius 2 is 1.86 bits per heavy atom. The van der Waals surface area contributed by atoms with Gasteiger partial charge in [0.1, 0.15) is 5.56 Å². The lowest BCUT2D eigenvalue weighted by atomic mass is 10.1. The van der Waals surface area contributed by atoms with Gasteiger partial charge >= 0.3 is 0 Å². The summed E-state index contributed by atoms with van der Waals surface area (Å²) in [6, 6.07) is 11.9. The first-order valence-corrected chi connectivity index (χ1v) is 7.02. The Labute approximate surface area is 133 Å². The molecule has 0 atom stereocenters. The molecular weight excluding hydrogens is 304 g/mol. The topological polar surface area (TPSA) is 63.5 Å². The second-order valence-corrected chi connectivity index (χ2v) is 5.45. The van der Waals surface area contributed by atoms with Gasteiger partial charge in [0.05, 0.1) is 4.92 Å². The molecule has 0 unspecified atom stereocenters. The quantitative estimate of drug-likeness (QED) is 0.635. The van der Waals surface area contributed by atoms with Crippen LogP contribution in [0.15, 0.2) is 42.5 Å². The number of rotatable bonds is 4. The average molecular weight is 319 g/mol. The molecule has 0 radical (unpaired) electrons. The van der Waals surface area contributed by atoms with E-state index in [1.54, 1.807) is 38.2 Å². The predicted octanol–water partition coefficient (Wildman–Crippen LogP) is 3.83. The molecule has 0 saturated carbocycles. The molecule has 0 N–H and O–H groups in total. The first-order chi connectivity index (χ1) is 10.4. The number of benzene rings is 2. The van der Waals surface area contributed by atoms with E-state index < -0.39 is 4.92 Å². The lowest BCUT2D eigenvalue weighted by molar-refractivity contribution is -0.385. The molecular formula is C16H15ClN2O3. The van der Waals surface area contributed by atoms with Gasteiger partial charge in [-0.25, -0.2) is 0 Å². The van der Waals surface area contributed by atoms with Crippen molar-refractivity contribution in [3.8, 4) is 0 Å². The molecule has 22 heavy (non-hydrogen) atoms. The second kappa shape index (κ2) is 6.58. The molecule has 0 aliphatic carbocycles. The summed E-state index contributed by atoms with van der Waals surface area (Å²) in [5.41, 5.74) is 1.32. The fraction of sp³-hybridized carbons (Fsp3) is 0.188. The van der Waals surface area contributed by atoms with Crippen LogP contribution in [0, 0.1) is 17.0 Å². The molecule has 1 amide bonds. The molecule has 2 aromatic rings. The van der Waals surface area contributed by atoms with Crippen molar-refractivity contribution in [3.05, 3.63) is 74.3 Å². The van der Waals surface area contributed by atoms with E-state index in [0.29, 0.717) is 17.1 Å². The van der Waals surface area contributed by atoms with Crippen molar-refractivity contribution < 1.29 is 9.72 Å². The standard InChI is InChI=1S/C16H15ClN2O3/c1-11-4-3-5-14(15(11)19(21)22)16(20)18(2)10-12-6-8-13(17)9-7-12/h3-9H,10H2,1-2H3. The zero-order chi connectivity index (χ0) is 16.3. The molecule has 0 aliphatic rings. The van der Waals surface area contributed by atoms with Crippen LogP contribution in [0.25, 0.3) is 0 Å². The number of nitro benzene ring substituents is 1. The van der Waals surface area contributed by atoms with E-state index in [9.17, 15) is 14.9 Å². The van der Waals surface area contributed by atoms with E-state index in [-0.39, 0.29) is 17.2 Å². The Hall–Kier alpha value is -2.40. The highest BCUT2D eigenvalue weighted by Gasteiger charge is 2.24. The maximum absolute atomic E-state index is 12.5. The fourth-order valence-electron chi connectivity index (χ4n) is 2.21. The van der Waals surface area contributed by atoms with Crippen molar-refractivity contribution in [1.82, 2.24) is 4.90 Å². The van der Waals surface area contributed by atoms with Gasteiger partial charge in [0.15, 0.2) is 0 Å². The number of aryl methyl sites for hydroxylation is 1. The van der Waals surface area contributed by atoms with E-state index in [0.717, 1.165) is 5.56 Å². The van der Waals surface area contributed by atoms with Crippen LogP contribution in [-0.4, -0.2) is 22.8 Å². The van der Waals surface area contributed by atoms with E-state index in [1.165, 1.54) is 11.0 Å². The van der Waals surface area contributed by atoms with Gasteiger partial charge in [-0.2, -0.15) is 0 Å². The SMILES string of the molecule is Cc1cccc(C(=O)N(C)Cc2ccc(Cl)cc2)c1[N+](=O)[O-]. The van der Waals surface area contributed by atoms with Crippen LogP contribution in [0.1, 0.15) is 21.5 Å². The third kappa shape index (κ3) is 3.43. The minimum atomic E-state index is -0.515. The summed E-state index contributed by atoms with van der Waals surface area (Å²) in [4.78, 5) is 24.6. The summed E-state index contributed by atoms with van der Waals surface area (Å²) in [7, 11) is 1.61. The summed E-state index contributed by atoms with van der Waals surface area (Å²) in [6.07, 6.45) is 0. The maximum Gasteiger partial charge on any atom is 0.285 e. The number of nitrogens with zero attached hydrogens (tertiary/aromatic N) is 2. The Morgan fingerprint density at radius 3 is 2.45 bits per heavy atom. The molecule has 0 aliphatic heterocycles. The molecule has 2 aromatic carbocycles. The minimum absolute atomic E-state index is 0.0986. The van der Waals surface area contributed by atoms with Crippen molar-refractivity contribution in [2.45, 2.75) is 13.5 Å². The number of halogens is 1. The minimum Gasteiger partial charge on any atom is -0.337 e. The number of amides is 1. The summed E-state index contributed by atoms with van der Waals surface area (Å²) in [5, 5.41) is 11.8. The Morgan fingerprint density at radius 1 is 1.23 bits per heavy atom. The molecule has 0 aromatic heterocycles. The first-order valence-electron chi connectivity index (χ1n) is 6.64. The van der Waals surface area contributed by atoms with Crippen LogP contribution < -0.4 is 0 Å². The van der Waals surface area contributed by atoms with E-state index in [1.807, 2.05) is 12.1 Å². The summed E-state index contributed by atoms with van der Waals surface area (Å²) in [5.74, 6) is -0.384. The molecule has 6 heteroatoms. The molecule has 0 bridgehead atoms. The van der Waals surface area contributed by atoms with E-state index >= 15 is 0 Å². The van der Waals surface area contributed by atoms with Crippen LogP contribution >= 0.6 is 11.6 Å². The molecule has 2 rings (SSSR count). The second-order valence-electron chi connectivity index (χ2n) is 5.02. The number of nitro groups is 1. The van der Waals surface area contributed by atoms with Crippen molar-refractivity contribution >= 4 is 23.2 Å². The van der Waals surface area contributed by atoms with E-state index in [2.05, 4.69) is 0 Å². The maximum atomic E-state index is 12.5. The van der Waals surface area contributed by atoms with Crippen molar-refractivity contribution in [2.75, 3.05) is 7.05 Å². The van der Waals surface area contributed by atoms with Gasteiger partial charge in [0, 0.05) is 24.2 Å². The largest absolute Gasteiger partial charge is 0.337 e. The molecule has 0 saturated heterocycles. The lowest BCUT2D eigenvalue weighted by Gasteiger charge is -2.17. The Bertz CT molecular complexity index is 714. The zero-order valence-corrected chi connectivity index (χ0v) is 13.0. The average Bonchev–Trinajstić information content (AvgIpc) is 2.48. The van der Waals surface area contributed by atoms with Gasteiger partial charge in [-0.05, 0) is 30.7 Å². The van der Waals surface area contributed by atoms with Crippen molar-refractivity contribution in [1.29, 1.82) is 0 Å². The predicted molar refractivity (Wildman–Crippen MR) is 85.1 cm³/mol. The van der Waals surface area contributed by atoms with Gasteiger partial charge in [0.25, 0.3) is 11.6 Å². The Kier molecular flexibility index (Phi) is 4.78. The third-order valence-electron chi connectivity index (χ3n) is 3.33. The van der Waals surface area contributed by atoms with Gasteiger partial charge in [-0.15, -0.1) is 0 Å². The first kappa shape index (κ1) is 16.0. The fourth-order valence-corrected chi connectivity index (χ4v) is 2.34. The van der Waals surface area contributed by atoms with Gasteiger partial charge in [-0.3, -0.25) is 14.9 Å². The third-order valence-corrected chi connectivity index (χ3v) is 3.58. The highest BCUT2D eigenvalue weighted by Crippen LogP contribution is 2.24. The summed E-state index contributed by atoms with van der Waals surface area (Å²) < 4.78 is 0. The Balaban J connectivity index is 2.26. The molecule has 0 heterocycles. The highest BCUT2D eigenvalue weighted by atomic mass is 35.5. The van der Waals surface area contributed by atoms with E-state index in [4.69, 9.17) is 11.6 Å². The van der Waals surface area contributed by atoms with Crippen LogP contribution in [0.5, 0.6) is 0 Å². The smallest absolute Gasteiger partial charge is 0.285 e. The van der Waals surface area contributed by atoms with Crippen molar-refractivity contribution in [3.63, 3.8) is 0 Å². The number of carbonyl (C=O) groups excluding carboxylic acids is 1. The van der Waals surface area contributed by atoms with Gasteiger partial charge in [-0.1, -0.05) is 35.9 Å². The number of hydrogen-bond acceptors (Lipinski definition) is 3.